The van der Waals surface area contributed by atoms with Gasteiger partial charge in [0.15, 0.2) is 0 Å². The van der Waals surface area contributed by atoms with Crippen molar-refractivity contribution >= 4 is 35.4 Å². The van der Waals surface area contributed by atoms with Crippen LogP contribution < -0.4 is 5.32 Å². The summed E-state index contributed by atoms with van der Waals surface area (Å²) in [7, 11) is 0. The zero-order valence-electron chi connectivity index (χ0n) is 13.5. The van der Waals surface area contributed by atoms with Crippen LogP contribution in [-0.4, -0.2) is 34.6 Å². The molecular formula is C16H22ClNO4S. The Morgan fingerprint density at radius 2 is 1.91 bits per heavy atom. The molecule has 0 spiro atoms. The molecule has 1 atom stereocenters. The fourth-order valence-electron chi connectivity index (χ4n) is 1.70. The number of carboxylic acid groups (broad SMARTS) is 1. The maximum absolute atomic E-state index is 11.9. The molecule has 0 aliphatic heterocycles. The SMILES string of the molecule is CC(C)(C)OC(=O)N[C@@H](CCC(=O)O)CSc1ccc(Cl)cc1. The minimum absolute atomic E-state index is 0.0123. The summed E-state index contributed by atoms with van der Waals surface area (Å²) in [6.07, 6.45) is -0.207. The molecule has 1 amide bonds. The quantitative estimate of drug-likeness (QED) is 0.714. The van der Waals surface area contributed by atoms with Gasteiger partial charge in [0.25, 0.3) is 0 Å². The lowest BCUT2D eigenvalue weighted by atomic mass is 10.2. The third-order valence-corrected chi connectivity index (χ3v) is 4.12. The average molecular weight is 360 g/mol. The number of carbonyl (C=O) groups excluding carboxylic acids is 1. The van der Waals surface area contributed by atoms with E-state index in [2.05, 4.69) is 5.32 Å². The van der Waals surface area contributed by atoms with Crippen LogP contribution in [-0.2, 0) is 9.53 Å². The van der Waals surface area contributed by atoms with Gasteiger partial charge in [0.1, 0.15) is 5.60 Å². The minimum atomic E-state index is -0.891. The lowest BCUT2D eigenvalue weighted by Crippen LogP contribution is -2.40. The van der Waals surface area contributed by atoms with Crippen LogP contribution in [0.5, 0.6) is 0 Å². The number of aliphatic carboxylic acids is 1. The minimum Gasteiger partial charge on any atom is -0.481 e. The second kappa shape index (κ2) is 9.03. The Morgan fingerprint density at radius 3 is 2.43 bits per heavy atom. The van der Waals surface area contributed by atoms with Crippen molar-refractivity contribution in [2.24, 2.45) is 0 Å². The van der Waals surface area contributed by atoms with Crippen LogP contribution in [0.25, 0.3) is 0 Å². The molecule has 2 N–H and O–H groups in total. The van der Waals surface area contributed by atoms with Crippen LogP contribution in [0.4, 0.5) is 4.79 Å². The third-order valence-electron chi connectivity index (χ3n) is 2.69. The van der Waals surface area contributed by atoms with Gasteiger partial charge in [0, 0.05) is 28.1 Å². The number of thioether (sulfide) groups is 1. The number of rotatable bonds is 7. The van der Waals surface area contributed by atoms with Crippen LogP contribution >= 0.6 is 23.4 Å². The summed E-state index contributed by atoms with van der Waals surface area (Å²) in [5.41, 5.74) is -0.593. The smallest absolute Gasteiger partial charge is 0.407 e. The third kappa shape index (κ3) is 9.36. The molecule has 1 aromatic carbocycles. The molecule has 7 heteroatoms. The van der Waals surface area contributed by atoms with Crippen LogP contribution in [0.3, 0.4) is 0 Å². The van der Waals surface area contributed by atoms with Crippen molar-refractivity contribution in [3.8, 4) is 0 Å². The van der Waals surface area contributed by atoms with Gasteiger partial charge in [-0.3, -0.25) is 4.79 Å². The maximum Gasteiger partial charge on any atom is 0.407 e. The molecule has 0 radical (unpaired) electrons. The van der Waals surface area contributed by atoms with Crippen LogP contribution in [0.2, 0.25) is 5.02 Å². The number of carbonyl (C=O) groups is 2. The Labute approximate surface area is 145 Å². The van der Waals surface area contributed by atoms with Crippen LogP contribution in [0, 0.1) is 0 Å². The van der Waals surface area contributed by atoms with E-state index < -0.39 is 17.7 Å². The van der Waals surface area contributed by atoms with Crippen molar-refractivity contribution in [3.63, 3.8) is 0 Å². The highest BCUT2D eigenvalue weighted by atomic mass is 35.5. The molecule has 0 bridgehead atoms. The van der Waals surface area contributed by atoms with Gasteiger partial charge in [-0.1, -0.05) is 11.6 Å². The van der Waals surface area contributed by atoms with Crippen molar-refractivity contribution in [3.05, 3.63) is 29.3 Å². The predicted molar refractivity (Wildman–Crippen MR) is 92.2 cm³/mol. The first kappa shape index (κ1) is 19.6. The van der Waals surface area contributed by atoms with Gasteiger partial charge in [0.05, 0.1) is 0 Å². The molecule has 1 aromatic rings. The number of carboxylic acids is 1. The van der Waals surface area contributed by atoms with Crippen molar-refractivity contribution in [1.29, 1.82) is 0 Å². The van der Waals surface area contributed by atoms with E-state index in [-0.39, 0.29) is 12.5 Å². The Bertz CT molecular complexity index is 528. The summed E-state index contributed by atoms with van der Waals surface area (Å²) in [5.74, 6) is -0.341. The summed E-state index contributed by atoms with van der Waals surface area (Å²) in [6, 6.07) is 7.06. The van der Waals surface area contributed by atoms with Gasteiger partial charge in [-0.15, -0.1) is 11.8 Å². The van der Waals surface area contributed by atoms with E-state index in [9.17, 15) is 9.59 Å². The largest absolute Gasteiger partial charge is 0.481 e. The molecule has 0 heterocycles. The highest BCUT2D eigenvalue weighted by Crippen LogP contribution is 2.22. The highest BCUT2D eigenvalue weighted by molar-refractivity contribution is 7.99. The van der Waals surface area contributed by atoms with E-state index in [4.69, 9.17) is 21.4 Å². The molecule has 0 fully saturated rings. The summed E-state index contributed by atoms with van der Waals surface area (Å²) in [4.78, 5) is 23.6. The fraction of sp³-hybridized carbons (Fsp3) is 0.500. The molecule has 5 nitrogen and oxygen atoms in total. The summed E-state index contributed by atoms with van der Waals surface area (Å²) in [6.45, 7) is 5.34. The molecule has 0 saturated carbocycles. The first-order chi connectivity index (χ1) is 10.7. The van der Waals surface area contributed by atoms with Crippen molar-refractivity contribution in [2.45, 2.75) is 50.2 Å². The molecule has 0 unspecified atom stereocenters. The lowest BCUT2D eigenvalue weighted by molar-refractivity contribution is -0.137. The van der Waals surface area contributed by atoms with Gasteiger partial charge in [-0.25, -0.2) is 4.79 Å². The molecule has 1 rings (SSSR count). The number of hydrogen-bond donors (Lipinski definition) is 2. The molecule has 0 aliphatic rings. The summed E-state index contributed by atoms with van der Waals surface area (Å²) >= 11 is 7.37. The summed E-state index contributed by atoms with van der Waals surface area (Å²) in [5, 5.41) is 12.2. The van der Waals surface area contributed by atoms with E-state index in [1.54, 1.807) is 32.9 Å². The standard InChI is InChI=1S/C16H22ClNO4S/c1-16(2,3)22-15(21)18-12(6-9-14(19)20)10-23-13-7-4-11(17)5-8-13/h4-5,7-8,12H,6,9-10H2,1-3H3,(H,18,21)(H,19,20)/t12-/m0/s1. The fourth-order valence-corrected chi connectivity index (χ4v) is 2.79. The number of hydrogen-bond acceptors (Lipinski definition) is 4. The van der Waals surface area contributed by atoms with Gasteiger partial charge in [-0.2, -0.15) is 0 Å². The number of halogens is 1. The van der Waals surface area contributed by atoms with Crippen molar-refractivity contribution in [2.75, 3.05) is 5.75 Å². The zero-order chi connectivity index (χ0) is 17.5. The highest BCUT2D eigenvalue weighted by Gasteiger charge is 2.20. The Balaban J connectivity index is 2.58. The summed E-state index contributed by atoms with van der Waals surface area (Å²) < 4.78 is 5.22. The Hall–Kier alpha value is -1.40. The zero-order valence-corrected chi connectivity index (χ0v) is 15.0. The van der Waals surface area contributed by atoms with Gasteiger partial charge >= 0.3 is 12.1 Å². The Kier molecular flexibility index (Phi) is 7.72. The topological polar surface area (TPSA) is 75.6 Å². The molecule has 0 aromatic heterocycles. The molecule has 23 heavy (non-hydrogen) atoms. The van der Waals surface area contributed by atoms with E-state index in [1.165, 1.54) is 11.8 Å². The Morgan fingerprint density at radius 1 is 1.30 bits per heavy atom. The number of amides is 1. The first-order valence-electron chi connectivity index (χ1n) is 7.25. The van der Waals surface area contributed by atoms with Gasteiger partial charge < -0.3 is 15.2 Å². The van der Waals surface area contributed by atoms with E-state index in [1.807, 2.05) is 12.1 Å². The predicted octanol–water partition coefficient (Wildman–Crippen LogP) is 4.19. The van der Waals surface area contributed by atoms with Crippen molar-refractivity contribution < 1.29 is 19.4 Å². The normalized spacial score (nSPS) is 12.5. The average Bonchev–Trinajstić information content (AvgIpc) is 2.41. The van der Waals surface area contributed by atoms with Gasteiger partial charge in [0.2, 0.25) is 0 Å². The van der Waals surface area contributed by atoms with Gasteiger partial charge in [-0.05, 0) is 51.5 Å². The number of benzene rings is 1. The molecule has 128 valence electrons. The molecule has 0 aliphatic carbocycles. The monoisotopic (exact) mass is 359 g/mol. The molecular weight excluding hydrogens is 338 g/mol. The second-order valence-electron chi connectivity index (χ2n) is 6.04. The van der Waals surface area contributed by atoms with E-state index in [0.717, 1.165) is 4.90 Å². The number of ether oxygens (including phenoxy) is 1. The molecule has 0 saturated heterocycles. The second-order valence-corrected chi connectivity index (χ2v) is 7.57. The lowest BCUT2D eigenvalue weighted by Gasteiger charge is -2.23. The van der Waals surface area contributed by atoms with Crippen molar-refractivity contribution in [1.82, 2.24) is 5.32 Å². The first-order valence-corrected chi connectivity index (χ1v) is 8.62. The van der Waals surface area contributed by atoms with E-state index >= 15 is 0 Å². The maximum atomic E-state index is 11.9. The van der Waals surface area contributed by atoms with Crippen LogP contribution in [0.15, 0.2) is 29.2 Å². The van der Waals surface area contributed by atoms with E-state index in [0.29, 0.717) is 17.2 Å². The number of nitrogens with one attached hydrogen (secondary N) is 1. The number of alkyl carbamates (subject to hydrolysis) is 1. The van der Waals surface area contributed by atoms with Crippen LogP contribution in [0.1, 0.15) is 33.6 Å².